The predicted molar refractivity (Wildman–Crippen MR) is 86.1 cm³/mol. The predicted octanol–water partition coefficient (Wildman–Crippen LogP) is 3.53. The zero-order valence-electron chi connectivity index (χ0n) is 12.7. The zero-order valence-corrected chi connectivity index (χ0v) is 12.7. The van der Waals surface area contributed by atoms with Gasteiger partial charge in [0, 0.05) is 31.2 Å². The van der Waals surface area contributed by atoms with Crippen molar-refractivity contribution < 1.29 is 4.74 Å². The summed E-state index contributed by atoms with van der Waals surface area (Å²) in [5.41, 5.74) is 8.33. The molecule has 0 aliphatic heterocycles. The quantitative estimate of drug-likeness (QED) is 0.873. The number of nitrogen functional groups attached to an aromatic ring is 1. The van der Waals surface area contributed by atoms with E-state index in [4.69, 9.17) is 10.5 Å². The maximum absolute atomic E-state index is 5.91. The van der Waals surface area contributed by atoms with Crippen LogP contribution < -0.4 is 16.0 Å². The summed E-state index contributed by atoms with van der Waals surface area (Å²) in [6.45, 7) is 4.05. The van der Waals surface area contributed by atoms with Gasteiger partial charge in [-0.1, -0.05) is 13.0 Å². The number of allylic oxidation sites excluding steroid dienone is 1. The fourth-order valence-electron chi connectivity index (χ4n) is 1.88. The van der Waals surface area contributed by atoms with Gasteiger partial charge in [0.25, 0.3) is 0 Å². The van der Waals surface area contributed by atoms with E-state index in [0.717, 1.165) is 34.7 Å². The summed E-state index contributed by atoms with van der Waals surface area (Å²) >= 11 is 0. The highest BCUT2D eigenvalue weighted by atomic mass is 16.5. The lowest BCUT2D eigenvalue weighted by molar-refractivity contribution is 0.475. The van der Waals surface area contributed by atoms with Gasteiger partial charge in [-0.2, -0.15) is 0 Å². The molecule has 0 saturated heterocycles. The molecular weight excluding hydrogens is 262 g/mol. The van der Waals surface area contributed by atoms with Gasteiger partial charge in [-0.05, 0) is 43.2 Å². The van der Waals surface area contributed by atoms with Crippen molar-refractivity contribution in [1.29, 1.82) is 0 Å². The molecule has 0 spiro atoms. The fraction of sp³-hybridized carbons (Fsp3) is 0.235. The van der Waals surface area contributed by atoms with Crippen molar-refractivity contribution in [3.05, 3.63) is 59.9 Å². The van der Waals surface area contributed by atoms with E-state index in [2.05, 4.69) is 11.9 Å². The van der Waals surface area contributed by atoms with Gasteiger partial charge in [0.2, 0.25) is 0 Å². The molecule has 110 valence electrons. The van der Waals surface area contributed by atoms with Gasteiger partial charge < -0.3 is 15.0 Å². The molecular formula is C17H21N3O. The number of rotatable bonds is 4. The van der Waals surface area contributed by atoms with Gasteiger partial charge in [0.15, 0.2) is 0 Å². The standard InChI is InChI=1S/C17H21N3O/c1-4-5-9-19-17-12-15(8-10-20(17)3)21-16-7-6-14(18)11-13(16)2/h5-12H,4,18H2,1-3H3/b9-5+,19-17?. The molecule has 4 heteroatoms. The van der Waals surface area contributed by atoms with Crippen LogP contribution in [-0.4, -0.2) is 4.57 Å². The highest BCUT2D eigenvalue weighted by molar-refractivity contribution is 5.48. The molecule has 2 N–H and O–H groups in total. The summed E-state index contributed by atoms with van der Waals surface area (Å²) in [5, 5.41) is 0. The van der Waals surface area contributed by atoms with E-state index >= 15 is 0 Å². The maximum Gasteiger partial charge on any atom is 0.135 e. The molecule has 2 rings (SSSR count). The molecule has 0 aliphatic carbocycles. The smallest absolute Gasteiger partial charge is 0.135 e. The van der Waals surface area contributed by atoms with Crippen molar-refractivity contribution in [3.8, 4) is 11.5 Å². The molecule has 0 fully saturated rings. The van der Waals surface area contributed by atoms with Crippen LogP contribution in [0.25, 0.3) is 0 Å². The molecule has 0 atom stereocenters. The van der Waals surface area contributed by atoms with E-state index in [9.17, 15) is 0 Å². The van der Waals surface area contributed by atoms with E-state index in [1.54, 1.807) is 0 Å². The number of ether oxygens (including phenoxy) is 1. The van der Waals surface area contributed by atoms with Crippen molar-refractivity contribution in [2.45, 2.75) is 20.3 Å². The molecule has 4 nitrogen and oxygen atoms in total. The summed E-state index contributed by atoms with van der Waals surface area (Å²) in [6, 6.07) is 9.44. The van der Waals surface area contributed by atoms with E-state index < -0.39 is 0 Å². The monoisotopic (exact) mass is 283 g/mol. The van der Waals surface area contributed by atoms with Crippen LogP contribution in [0.4, 0.5) is 5.69 Å². The second kappa shape index (κ2) is 6.79. The number of nitrogens with two attached hydrogens (primary N) is 1. The lowest BCUT2D eigenvalue weighted by Gasteiger charge is -2.10. The molecule has 0 unspecified atom stereocenters. The average molecular weight is 283 g/mol. The minimum atomic E-state index is 0.736. The largest absolute Gasteiger partial charge is 0.457 e. The second-order valence-corrected chi connectivity index (χ2v) is 4.88. The van der Waals surface area contributed by atoms with Gasteiger partial charge in [-0.3, -0.25) is 0 Å². The topological polar surface area (TPSA) is 52.5 Å². The number of anilines is 1. The molecule has 0 amide bonds. The van der Waals surface area contributed by atoms with Crippen LogP contribution in [0.2, 0.25) is 0 Å². The minimum absolute atomic E-state index is 0.736. The van der Waals surface area contributed by atoms with Crippen LogP contribution in [0.1, 0.15) is 18.9 Å². The molecule has 1 aromatic carbocycles. The number of nitrogens with zero attached hydrogens (tertiary/aromatic N) is 2. The molecule has 1 aromatic heterocycles. The fourth-order valence-corrected chi connectivity index (χ4v) is 1.88. The van der Waals surface area contributed by atoms with Crippen molar-refractivity contribution in [1.82, 2.24) is 4.57 Å². The van der Waals surface area contributed by atoms with Crippen LogP contribution in [0.15, 0.2) is 53.8 Å². The summed E-state index contributed by atoms with van der Waals surface area (Å²) in [6.07, 6.45) is 6.72. The number of pyridine rings is 1. The van der Waals surface area contributed by atoms with Gasteiger partial charge >= 0.3 is 0 Å². The molecule has 0 aliphatic rings. The third-order valence-electron chi connectivity index (χ3n) is 3.07. The third kappa shape index (κ3) is 3.99. The first kappa shape index (κ1) is 14.9. The van der Waals surface area contributed by atoms with Crippen molar-refractivity contribution in [2.24, 2.45) is 12.0 Å². The Hall–Kier alpha value is -2.49. The Bertz CT molecular complexity index is 714. The first-order chi connectivity index (χ1) is 10.1. The molecule has 0 saturated carbocycles. The minimum Gasteiger partial charge on any atom is -0.457 e. The first-order valence-electron chi connectivity index (χ1n) is 6.99. The van der Waals surface area contributed by atoms with Gasteiger partial charge in [-0.15, -0.1) is 0 Å². The van der Waals surface area contributed by atoms with Crippen LogP contribution in [0.5, 0.6) is 11.5 Å². The highest BCUT2D eigenvalue weighted by Gasteiger charge is 2.02. The molecule has 0 bridgehead atoms. The Morgan fingerprint density at radius 3 is 2.81 bits per heavy atom. The number of benzene rings is 1. The van der Waals surface area contributed by atoms with Crippen LogP contribution >= 0.6 is 0 Å². The molecule has 2 aromatic rings. The lowest BCUT2D eigenvalue weighted by Crippen LogP contribution is -2.16. The molecule has 21 heavy (non-hydrogen) atoms. The van der Waals surface area contributed by atoms with Crippen molar-refractivity contribution in [2.75, 3.05) is 5.73 Å². The van der Waals surface area contributed by atoms with Crippen molar-refractivity contribution >= 4 is 5.69 Å². The Kier molecular flexibility index (Phi) is 4.82. The van der Waals surface area contributed by atoms with Crippen molar-refractivity contribution in [3.63, 3.8) is 0 Å². The molecule has 1 heterocycles. The lowest BCUT2D eigenvalue weighted by atomic mass is 10.2. The van der Waals surface area contributed by atoms with Gasteiger partial charge in [0.1, 0.15) is 17.0 Å². The Balaban J connectivity index is 2.31. The number of aryl methyl sites for hydroxylation is 2. The SMILES string of the molecule is CC/C=C/N=c1cc(Oc2ccc(N)cc2C)ccn1C. The summed E-state index contributed by atoms with van der Waals surface area (Å²) < 4.78 is 7.86. The Morgan fingerprint density at radius 2 is 2.10 bits per heavy atom. The van der Waals surface area contributed by atoms with E-state index in [-0.39, 0.29) is 0 Å². The highest BCUT2D eigenvalue weighted by Crippen LogP contribution is 2.25. The van der Waals surface area contributed by atoms with E-state index in [1.807, 2.05) is 67.3 Å². The normalized spacial score (nSPS) is 12.0. The van der Waals surface area contributed by atoms with Gasteiger partial charge in [-0.25, -0.2) is 4.99 Å². The number of aromatic nitrogens is 1. The molecule has 0 radical (unpaired) electrons. The first-order valence-corrected chi connectivity index (χ1v) is 6.99. The summed E-state index contributed by atoms with van der Waals surface area (Å²) in [4.78, 5) is 4.42. The Labute approximate surface area is 125 Å². The maximum atomic E-state index is 5.91. The second-order valence-electron chi connectivity index (χ2n) is 4.88. The van der Waals surface area contributed by atoms with E-state index in [0.29, 0.717) is 0 Å². The number of hydrogen-bond acceptors (Lipinski definition) is 3. The zero-order chi connectivity index (χ0) is 15.2. The third-order valence-corrected chi connectivity index (χ3v) is 3.07. The average Bonchev–Trinajstić information content (AvgIpc) is 2.45. The summed E-state index contributed by atoms with van der Waals surface area (Å²) in [7, 11) is 1.96. The van der Waals surface area contributed by atoms with Crippen LogP contribution in [0, 0.1) is 6.92 Å². The van der Waals surface area contributed by atoms with E-state index in [1.165, 1.54) is 0 Å². The number of hydrogen-bond donors (Lipinski definition) is 1. The van der Waals surface area contributed by atoms with Crippen LogP contribution in [0.3, 0.4) is 0 Å². The summed E-state index contributed by atoms with van der Waals surface area (Å²) in [5.74, 6) is 1.55. The van der Waals surface area contributed by atoms with Crippen LogP contribution in [-0.2, 0) is 7.05 Å². The van der Waals surface area contributed by atoms with Gasteiger partial charge in [0.05, 0.1) is 0 Å². The Morgan fingerprint density at radius 1 is 1.29 bits per heavy atom.